The predicted octanol–water partition coefficient (Wildman–Crippen LogP) is 8.00. The first kappa shape index (κ1) is 45.7. The summed E-state index contributed by atoms with van der Waals surface area (Å²) in [6.45, 7) is 9.73. The number of amides is 1. The van der Waals surface area contributed by atoms with E-state index in [-0.39, 0.29) is 61.3 Å². The zero-order valence-corrected chi connectivity index (χ0v) is 36.1. The molecule has 6 atom stereocenters. The molecule has 6 unspecified atom stereocenters. The molecule has 3 aliphatic rings. The maximum absolute atomic E-state index is 15.1. The Balaban J connectivity index is 1.60. The Morgan fingerprint density at radius 1 is 1.02 bits per heavy atom. The van der Waals surface area contributed by atoms with Crippen molar-refractivity contribution in [2.75, 3.05) is 38.3 Å². The lowest BCUT2D eigenvalue weighted by Crippen LogP contribution is -2.70. The van der Waals surface area contributed by atoms with E-state index in [4.69, 9.17) is 24.2 Å². The largest absolute Gasteiger partial charge is 0.460 e. The maximum Gasteiger partial charge on any atom is 0.243 e. The predicted molar refractivity (Wildman–Crippen MR) is 233 cm³/mol. The number of fused-ring (bicyclic) bond motifs is 2. The number of hydrogen-bond acceptors (Lipinski definition) is 11. The SMILES string of the molecule is C=CCOC12Oc3ccc(Oc4cccc(C=O)c4)cc3C3C(CCCCO)C(CCCCO)C=C(C(=NOCC)CC1N(CCC)S(=O)(=O)c1ccc(NC(C)=O)cc1)C32. The molecule has 1 heterocycles. The number of benzene rings is 3. The van der Waals surface area contributed by atoms with Gasteiger partial charge in [0.15, 0.2) is 0 Å². The average molecular weight is 858 g/mol. The first-order valence-corrected chi connectivity index (χ1v) is 22.8. The highest BCUT2D eigenvalue weighted by Crippen LogP contribution is 2.62. The summed E-state index contributed by atoms with van der Waals surface area (Å²) in [6.07, 6.45) is 9.51. The first-order valence-electron chi connectivity index (χ1n) is 21.4. The fraction of sp³-hybridized carbons (Fsp3) is 0.468. The second kappa shape index (κ2) is 20.8. The summed E-state index contributed by atoms with van der Waals surface area (Å²) >= 11 is 0. The smallest absolute Gasteiger partial charge is 0.243 e. The molecule has 0 bridgehead atoms. The quantitative estimate of drug-likeness (QED) is 0.0389. The van der Waals surface area contributed by atoms with E-state index in [2.05, 4.69) is 18.0 Å². The van der Waals surface area contributed by atoms with Crippen molar-refractivity contribution in [2.24, 2.45) is 22.9 Å². The van der Waals surface area contributed by atoms with E-state index in [1.165, 1.54) is 23.4 Å². The number of hydrogen-bond donors (Lipinski definition) is 3. The van der Waals surface area contributed by atoms with Crippen LogP contribution in [0.3, 0.4) is 0 Å². The molecule has 1 fully saturated rings. The summed E-state index contributed by atoms with van der Waals surface area (Å²) in [6, 6.07) is 17.7. The van der Waals surface area contributed by atoms with Gasteiger partial charge in [0.25, 0.3) is 0 Å². The van der Waals surface area contributed by atoms with Crippen LogP contribution in [0.25, 0.3) is 0 Å². The molecule has 1 aliphatic heterocycles. The lowest BCUT2D eigenvalue weighted by molar-refractivity contribution is -0.251. The Kier molecular flexibility index (Phi) is 15.6. The fourth-order valence-electron chi connectivity index (χ4n) is 9.33. The number of rotatable bonds is 22. The van der Waals surface area contributed by atoms with E-state index in [0.717, 1.165) is 43.1 Å². The van der Waals surface area contributed by atoms with Gasteiger partial charge in [0.2, 0.25) is 21.7 Å². The van der Waals surface area contributed by atoms with E-state index < -0.39 is 27.8 Å². The van der Waals surface area contributed by atoms with Gasteiger partial charge >= 0.3 is 0 Å². The zero-order chi connectivity index (χ0) is 43.6. The molecule has 61 heavy (non-hydrogen) atoms. The van der Waals surface area contributed by atoms with Crippen molar-refractivity contribution < 1.29 is 47.3 Å². The van der Waals surface area contributed by atoms with Gasteiger partial charge in [0, 0.05) is 55.8 Å². The van der Waals surface area contributed by atoms with Crippen LogP contribution in [0.15, 0.2) is 101 Å². The molecule has 3 aromatic carbocycles. The highest BCUT2D eigenvalue weighted by Gasteiger charge is 2.66. The zero-order valence-electron chi connectivity index (χ0n) is 35.3. The summed E-state index contributed by atoms with van der Waals surface area (Å²) in [5.41, 5.74) is 3.26. The molecule has 0 aromatic heterocycles. The van der Waals surface area contributed by atoms with Gasteiger partial charge in [0.05, 0.1) is 29.2 Å². The van der Waals surface area contributed by atoms with Crippen LogP contribution in [0, 0.1) is 17.8 Å². The molecule has 0 spiro atoms. The number of ether oxygens (including phenoxy) is 3. The van der Waals surface area contributed by atoms with Gasteiger partial charge in [-0.1, -0.05) is 49.2 Å². The van der Waals surface area contributed by atoms with E-state index in [9.17, 15) is 19.8 Å². The minimum atomic E-state index is -4.25. The molecule has 14 heteroatoms. The number of unbranched alkanes of at least 4 members (excludes halogenated alkanes) is 2. The Bertz CT molecular complexity index is 2170. The van der Waals surface area contributed by atoms with Gasteiger partial charge < -0.3 is 34.6 Å². The van der Waals surface area contributed by atoms with E-state index in [1.54, 1.807) is 48.5 Å². The monoisotopic (exact) mass is 857 g/mol. The van der Waals surface area contributed by atoms with Gasteiger partial charge in [0.1, 0.15) is 30.1 Å². The molecule has 2 aliphatic carbocycles. The van der Waals surface area contributed by atoms with Crippen molar-refractivity contribution in [1.29, 1.82) is 0 Å². The summed E-state index contributed by atoms with van der Waals surface area (Å²) in [5, 5.41) is 27.2. The molecule has 328 valence electrons. The Morgan fingerprint density at radius 3 is 2.43 bits per heavy atom. The second-order valence-corrected chi connectivity index (χ2v) is 17.7. The average Bonchev–Trinajstić information content (AvgIpc) is 3.25. The van der Waals surface area contributed by atoms with Crippen LogP contribution < -0.4 is 14.8 Å². The minimum Gasteiger partial charge on any atom is -0.460 e. The van der Waals surface area contributed by atoms with Crippen LogP contribution in [0.5, 0.6) is 17.2 Å². The molecule has 1 saturated carbocycles. The summed E-state index contributed by atoms with van der Waals surface area (Å²) in [4.78, 5) is 29.3. The van der Waals surface area contributed by atoms with E-state index in [0.29, 0.717) is 60.1 Å². The van der Waals surface area contributed by atoms with Crippen LogP contribution in [0.4, 0.5) is 5.69 Å². The number of aliphatic hydroxyl groups is 2. The number of sulfonamides is 1. The number of aldehydes is 1. The third-order valence-electron chi connectivity index (χ3n) is 11.8. The van der Waals surface area contributed by atoms with Gasteiger partial charge in [-0.15, -0.1) is 6.58 Å². The molecule has 3 aromatic rings. The Morgan fingerprint density at radius 2 is 1.75 bits per heavy atom. The normalized spacial score (nSPS) is 23.6. The standard InChI is InChI=1S/C47H59N3O10S/c1-5-23-50(61(55,56)38-20-17-35(18-21-38)48-32(4)54)44-30-42(49-58-7-3)40-28-34(14-8-10-24-51)39(16-9-11-25-52)45-41-29-37(59-36-15-12-13-33(27-36)31-53)19-22-43(41)60-47(44,46(40)45)57-26-6-2/h6,12-13,15,17-22,27-29,31,34,39,44-46,51-52H,2,5,7-11,14,16,23-26,30H2,1,3-4H3,(H,48,54). The van der Waals surface area contributed by atoms with Crippen LogP contribution in [-0.4, -0.2) is 85.6 Å². The third-order valence-corrected chi connectivity index (χ3v) is 13.7. The minimum absolute atomic E-state index is 0.0133. The summed E-state index contributed by atoms with van der Waals surface area (Å²) in [5.74, 6) is -1.27. The van der Waals surface area contributed by atoms with Gasteiger partial charge in [-0.05, 0) is 111 Å². The number of aliphatic hydroxyl groups excluding tert-OH is 2. The van der Waals surface area contributed by atoms with Crippen LogP contribution >= 0.6 is 0 Å². The van der Waals surface area contributed by atoms with E-state index in [1.807, 2.05) is 26.0 Å². The van der Waals surface area contributed by atoms with Crippen molar-refractivity contribution in [1.82, 2.24) is 4.31 Å². The topological polar surface area (TPSA) is 173 Å². The number of anilines is 1. The van der Waals surface area contributed by atoms with Crippen molar-refractivity contribution in [2.45, 2.75) is 94.8 Å². The van der Waals surface area contributed by atoms with E-state index >= 15 is 8.42 Å². The number of nitrogens with zero attached hydrogens (tertiary/aromatic N) is 2. The Hall–Kier alpha value is -4.86. The molecule has 3 N–H and O–H groups in total. The molecule has 0 saturated heterocycles. The van der Waals surface area contributed by atoms with Crippen LogP contribution in [0.2, 0.25) is 0 Å². The fourth-order valence-corrected chi connectivity index (χ4v) is 11.1. The summed E-state index contributed by atoms with van der Waals surface area (Å²) < 4.78 is 52.3. The number of carbonyl (C=O) groups excluding carboxylic acids is 2. The van der Waals surface area contributed by atoms with Crippen molar-refractivity contribution in [3.05, 3.63) is 102 Å². The molecule has 6 rings (SSSR count). The van der Waals surface area contributed by atoms with Crippen molar-refractivity contribution in [3.8, 4) is 17.2 Å². The number of allylic oxidation sites excluding steroid dienone is 1. The second-order valence-electron chi connectivity index (χ2n) is 15.8. The number of oxime groups is 1. The Labute approximate surface area is 359 Å². The number of carbonyl (C=O) groups is 2. The van der Waals surface area contributed by atoms with Gasteiger partial charge in [-0.25, -0.2) is 8.42 Å². The third kappa shape index (κ3) is 9.94. The summed E-state index contributed by atoms with van der Waals surface area (Å²) in [7, 11) is -4.25. The van der Waals surface area contributed by atoms with Crippen LogP contribution in [-0.2, 0) is 24.4 Å². The van der Waals surface area contributed by atoms with Crippen molar-refractivity contribution >= 4 is 33.6 Å². The van der Waals surface area contributed by atoms with Crippen LogP contribution in [0.1, 0.15) is 94.0 Å². The highest BCUT2D eigenvalue weighted by molar-refractivity contribution is 7.89. The highest BCUT2D eigenvalue weighted by atomic mass is 32.2. The lowest BCUT2D eigenvalue weighted by atomic mass is 9.55. The maximum atomic E-state index is 15.1. The lowest BCUT2D eigenvalue weighted by Gasteiger charge is -2.59. The molecule has 1 amide bonds. The molecule has 0 radical (unpaired) electrons. The first-order chi connectivity index (χ1) is 29.5. The van der Waals surface area contributed by atoms with Crippen molar-refractivity contribution in [3.63, 3.8) is 0 Å². The molecule has 13 nitrogen and oxygen atoms in total. The molecular formula is C47H59N3O10S. The number of nitrogens with one attached hydrogen (secondary N) is 1. The molecular weight excluding hydrogens is 799 g/mol. The van der Waals surface area contributed by atoms with Gasteiger partial charge in [-0.2, -0.15) is 4.31 Å². The van der Waals surface area contributed by atoms with Gasteiger partial charge in [-0.3, -0.25) is 9.59 Å².